The third-order valence-electron chi connectivity index (χ3n) is 4.80. The molecular weight excluding hydrogens is 507 g/mol. The third kappa shape index (κ3) is 8.92. The van der Waals surface area contributed by atoms with E-state index >= 15 is 0 Å². The van der Waals surface area contributed by atoms with E-state index in [-0.39, 0.29) is 24.0 Å². The first-order chi connectivity index (χ1) is 14.6. The first-order valence-corrected chi connectivity index (χ1v) is 10.3. The summed E-state index contributed by atoms with van der Waals surface area (Å²) in [4.78, 5) is 6.76. The fraction of sp³-hybridized carbons (Fsp3) is 0.435. The number of aliphatic imine (C=N–C) groups is 1. The van der Waals surface area contributed by atoms with Gasteiger partial charge in [0.25, 0.3) is 0 Å². The van der Waals surface area contributed by atoms with Crippen LogP contribution in [0.1, 0.15) is 25.0 Å². The number of nitrogens with one attached hydrogen (secondary N) is 1. The summed E-state index contributed by atoms with van der Waals surface area (Å²) in [5, 5.41) is 3.14. The van der Waals surface area contributed by atoms with Gasteiger partial charge in [0.1, 0.15) is 6.61 Å². The Morgan fingerprint density at radius 1 is 1.06 bits per heavy atom. The van der Waals surface area contributed by atoms with E-state index in [1.165, 1.54) is 0 Å². The standard InChI is InChI=1S/C23H34N4O3.HI/c1-5-27(6-2)13-14-30-21-12-11-18(15-22(21)29-4)16-25-23(24)26-20-10-8-7-9-19(20)17-28-3;/h7-12,15H,5-6,13-14,16-17H2,1-4H3,(H3,24,25,26);1H. The van der Waals surface area contributed by atoms with Crippen LogP contribution in [0.5, 0.6) is 11.5 Å². The lowest BCUT2D eigenvalue weighted by Gasteiger charge is -2.19. The Morgan fingerprint density at radius 3 is 2.48 bits per heavy atom. The number of guanidine groups is 1. The number of methoxy groups -OCH3 is 2. The molecule has 0 aliphatic heterocycles. The minimum absolute atomic E-state index is 0. The van der Waals surface area contributed by atoms with Crippen molar-refractivity contribution in [3.63, 3.8) is 0 Å². The molecule has 2 rings (SSSR count). The molecule has 0 aliphatic carbocycles. The van der Waals surface area contributed by atoms with Gasteiger partial charge in [0.15, 0.2) is 17.5 Å². The average molecular weight is 542 g/mol. The molecule has 2 aromatic carbocycles. The highest BCUT2D eigenvalue weighted by Gasteiger charge is 2.08. The van der Waals surface area contributed by atoms with Crippen molar-refractivity contribution in [1.82, 2.24) is 4.90 Å². The van der Waals surface area contributed by atoms with Crippen LogP contribution in [-0.2, 0) is 17.9 Å². The van der Waals surface area contributed by atoms with E-state index in [4.69, 9.17) is 19.9 Å². The summed E-state index contributed by atoms with van der Waals surface area (Å²) < 4.78 is 16.6. The largest absolute Gasteiger partial charge is 0.493 e. The molecule has 0 unspecified atom stereocenters. The highest BCUT2D eigenvalue weighted by atomic mass is 127. The first kappa shape index (κ1) is 27.0. The number of halogens is 1. The zero-order valence-electron chi connectivity index (χ0n) is 18.9. The zero-order chi connectivity index (χ0) is 21.8. The molecule has 0 amide bonds. The van der Waals surface area contributed by atoms with Crippen molar-refractivity contribution in [3.8, 4) is 11.5 Å². The predicted octanol–water partition coefficient (Wildman–Crippen LogP) is 4.11. The number of hydrogen-bond acceptors (Lipinski definition) is 5. The van der Waals surface area contributed by atoms with Crippen molar-refractivity contribution in [2.75, 3.05) is 45.8 Å². The Bertz CT molecular complexity index is 813. The molecule has 2 aromatic rings. The fourth-order valence-corrected chi connectivity index (χ4v) is 3.03. The van der Waals surface area contributed by atoms with E-state index in [0.29, 0.717) is 31.5 Å². The maximum atomic E-state index is 6.08. The lowest BCUT2D eigenvalue weighted by Crippen LogP contribution is -2.27. The molecule has 0 fully saturated rings. The van der Waals surface area contributed by atoms with Crippen molar-refractivity contribution >= 4 is 35.6 Å². The maximum Gasteiger partial charge on any atom is 0.193 e. The molecule has 31 heavy (non-hydrogen) atoms. The Hall–Kier alpha value is -2.04. The van der Waals surface area contributed by atoms with Crippen LogP contribution >= 0.6 is 24.0 Å². The Labute approximate surface area is 203 Å². The average Bonchev–Trinajstić information content (AvgIpc) is 2.77. The number of nitrogens with two attached hydrogens (primary N) is 1. The van der Waals surface area contributed by atoms with E-state index in [0.717, 1.165) is 42.2 Å². The lowest BCUT2D eigenvalue weighted by molar-refractivity contribution is 0.185. The molecule has 8 heteroatoms. The molecule has 0 saturated carbocycles. The minimum atomic E-state index is 0. The molecule has 0 saturated heterocycles. The third-order valence-corrected chi connectivity index (χ3v) is 4.80. The molecule has 3 N–H and O–H groups in total. The molecule has 0 heterocycles. The van der Waals surface area contributed by atoms with Gasteiger partial charge >= 0.3 is 0 Å². The van der Waals surface area contributed by atoms with Gasteiger partial charge in [-0.3, -0.25) is 0 Å². The van der Waals surface area contributed by atoms with Gasteiger partial charge in [0, 0.05) is 24.9 Å². The normalized spacial score (nSPS) is 11.2. The summed E-state index contributed by atoms with van der Waals surface area (Å²) >= 11 is 0. The second-order valence-corrected chi connectivity index (χ2v) is 6.78. The van der Waals surface area contributed by atoms with Gasteiger partial charge in [-0.15, -0.1) is 24.0 Å². The number of likely N-dealkylation sites (N-methyl/N-ethyl adjacent to an activating group) is 1. The van der Waals surface area contributed by atoms with Crippen LogP contribution in [0.4, 0.5) is 5.69 Å². The van der Waals surface area contributed by atoms with Crippen LogP contribution in [0.15, 0.2) is 47.5 Å². The molecular formula is C23H35IN4O3. The number of para-hydroxylation sites is 1. The van der Waals surface area contributed by atoms with E-state index < -0.39 is 0 Å². The SMILES string of the molecule is CCN(CC)CCOc1ccc(CN=C(N)Nc2ccccc2COC)cc1OC.I. The number of ether oxygens (including phenoxy) is 3. The summed E-state index contributed by atoms with van der Waals surface area (Å²) in [5.41, 5.74) is 8.96. The highest BCUT2D eigenvalue weighted by molar-refractivity contribution is 14.0. The summed E-state index contributed by atoms with van der Waals surface area (Å²) in [5.74, 6) is 1.77. The molecule has 7 nitrogen and oxygen atoms in total. The molecule has 0 bridgehead atoms. The lowest BCUT2D eigenvalue weighted by atomic mass is 10.2. The van der Waals surface area contributed by atoms with Crippen LogP contribution in [-0.4, -0.2) is 51.3 Å². The summed E-state index contributed by atoms with van der Waals surface area (Å²) in [6, 6.07) is 13.7. The molecule has 0 radical (unpaired) electrons. The van der Waals surface area contributed by atoms with Crippen molar-refractivity contribution < 1.29 is 14.2 Å². The van der Waals surface area contributed by atoms with Crippen molar-refractivity contribution in [2.24, 2.45) is 10.7 Å². The minimum Gasteiger partial charge on any atom is -0.493 e. The second-order valence-electron chi connectivity index (χ2n) is 6.78. The number of anilines is 1. The number of benzene rings is 2. The molecule has 0 atom stereocenters. The molecule has 0 aliphatic rings. The summed E-state index contributed by atoms with van der Waals surface area (Å²) in [7, 11) is 3.31. The fourth-order valence-electron chi connectivity index (χ4n) is 3.03. The maximum absolute atomic E-state index is 6.08. The van der Waals surface area contributed by atoms with Gasteiger partial charge in [0.05, 0.1) is 20.3 Å². The molecule has 0 spiro atoms. The second kappa shape index (κ2) is 14.9. The van der Waals surface area contributed by atoms with Crippen LogP contribution in [0, 0.1) is 0 Å². The zero-order valence-corrected chi connectivity index (χ0v) is 21.2. The monoisotopic (exact) mass is 542 g/mol. The van der Waals surface area contributed by atoms with Crippen molar-refractivity contribution in [3.05, 3.63) is 53.6 Å². The van der Waals surface area contributed by atoms with Crippen molar-refractivity contribution in [1.29, 1.82) is 0 Å². The van der Waals surface area contributed by atoms with Crippen LogP contribution in [0.25, 0.3) is 0 Å². The van der Waals surface area contributed by atoms with Gasteiger partial charge in [-0.1, -0.05) is 38.1 Å². The van der Waals surface area contributed by atoms with Crippen LogP contribution in [0.2, 0.25) is 0 Å². The number of rotatable bonds is 12. The van der Waals surface area contributed by atoms with E-state index in [2.05, 4.69) is 29.1 Å². The Morgan fingerprint density at radius 2 is 1.81 bits per heavy atom. The van der Waals surface area contributed by atoms with Crippen LogP contribution in [0.3, 0.4) is 0 Å². The first-order valence-electron chi connectivity index (χ1n) is 10.3. The van der Waals surface area contributed by atoms with Crippen LogP contribution < -0.4 is 20.5 Å². The Kier molecular flexibility index (Phi) is 13.0. The predicted molar refractivity (Wildman–Crippen MR) is 138 cm³/mol. The van der Waals surface area contributed by atoms with E-state index in [1.807, 2.05) is 42.5 Å². The molecule has 0 aromatic heterocycles. The summed E-state index contributed by atoms with van der Waals surface area (Å²) in [6.07, 6.45) is 0. The van der Waals surface area contributed by atoms with Gasteiger partial charge in [-0.25, -0.2) is 4.99 Å². The van der Waals surface area contributed by atoms with Crippen molar-refractivity contribution in [2.45, 2.75) is 27.0 Å². The highest BCUT2D eigenvalue weighted by Crippen LogP contribution is 2.28. The van der Waals surface area contributed by atoms with E-state index in [1.54, 1.807) is 14.2 Å². The molecule has 172 valence electrons. The van der Waals surface area contributed by atoms with Gasteiger partial charge < -0.3 is 30.2 Å². The topological polar surface area (TPSA) is 81.3 Å². The Balaban J connectivity index is 0.00000480. The smallest absolute Gasteiger partial charge is 0.193 e. The number of hydrogen-bond donors (Lipinski definition) is 2. The van der Waals surface area contributed by atoms with Gasteiger partial charge in [-0.2, -0.15) is 0 Å². The quantitative estimate of drug-likeness (QED) is 0.239. The van der Waals surface area contributed by atoms with E-state index in [9.17, 15) is 0 Å². The van der Waals surface area contributed by atoms with Gasteiger partial charge in [0.2, 0.25) is 0 Å². The summed E-state index contributed by atoms with van der Waals surface area (Å²) in [6.45, 7) is 8.76. The number of nitrogens with zero attached hydrogens (tertiary/aromatic N) is 2. The van der Waals surface area contributed by atoms with Gasteiger partial charge in [-0.05, 0) is 36.9 Å².